The second-order valence-corrected chi connectivity index (χ2v) is 8.62. The maximum Gasteiger partial charge on any atom is 0.246 e. The van der Waals surface area contributed by atoms with Gasteiger partial charge in [-0.1, -0.05) is 17.7 Å². The minimum Gasteiger partial charge on any atom is -0.454 e. The van der Waals surface area contributed by atoms with Crippen LogP contribution in [0.4, 0.5) is 0 Å². The lowest BCUT2D eigenvalue weighted by Gasteiger charge is -2.27. The summed E-state index contributed by atoms with van der Waals surface area (Å²) in [5.41, 5.74) is 1.38. The number of nitrogens with zero attached hydrogens (tertiary/aromatic N) is 2. The number of piperidine rings is 2. The highest BCUT2D eigenvalue weighted by molar-refractivity contribution is 6.49. The SMILES string of the molecule is O=C(/C=C/C(CC(=O)N1CCCCC1)=C(/Cl)c1ccc2c(c1)OCO2)N1CCCCC1. The number of hydrogen-bond acceptors (Lipinski definition) is 4. The fourth-order valence-corrected chi connectivity index (χ4v) is 4.49. The molecule has 0 unspecified atom stereocenters. The van der Waals surface area contributed by atoms with Gasteiger partial charge in [-0.15, -0.1) is 0 Å². The van der Waals surface area contributed by atoms with E-state index in [2.05, 4.69) is 0 Å². The summed E-state index contributed by atoms with van der Waals surface area (Å²) in [7, 11) is 0. The third-order valence-electron chi connectivity index (χ3n) is 6.05. The Hall–Kier alpha value is -2.47. The molecule has 0 bridgehead atoms. The summed E-state index contributed by atoms with van der Waals surface area (Å²) in [4.78, 5) is 29.3. The van der Waals surface area contributed by atoms with Crippen LogP contribution < -0.4 is 9.47 Å². The molecule has 4 rings (SSSR count). The van der Waals surface area contributed by atoms with Crippen LogP contribution in [0.1, 0.15) is 50.5 Å². The zero-order valence-corrected chi connectivity index (χ0v) is 18.5. The first-order valence-electron chi connectivity index (χ1n) is 11.2. The quantitative estimate of drug-likeness (QED) is 0.500. The van der Waals surface area contributed by atoms with Crippen LogP contribution in [0.25, 0.3) is 5.03 Å². The molecule has 7 heteroatoms. The predicted octanol–water partition coefficient (Wildman–Crippen LogP) is 4.34. The van der Waals surface area contributed by atoms with Gasteiger partial charge in [-0.05, 0) is 67.9 Å². The average Bonchev–Trinajstić information content (AvgIpc) is 3.30. The Morgan fingerprint density at radius 3 is 2.23 bits per heavy atom. The molecule has 2 fully saturated rings. The Labute approximate surface area is 188 Å². The van der Waals surface area contributed by atoms with Gasteiger partial charge in [0.15, 0.2) is 11.5 Å². The zero-order chi connectivity index (χ0) is 21.6. The number of carbonyl (C=O) groups is 2. The van der Waals surface area contributed by atoms with E-state index in [9.17, 15) is 9.59 Å². The molecule has 6 nitrogen and oxygen atoms in total. The average molecular weight is 445 g/mol. The third kappa shape index (κ3) is 5.42. The summed E-state index contributed by atoms with van der Waals surface area (Å²) >= 11 is 6.76. The fraction of sp³-hybridized carbons (Fsp3) is 0.500. The van der Waals surface area contributed by atoms with E-state index < -0.39 is 0 Å². The number of carbonyl (C=O) groups excluding carboxylic acids is 2. The molecule has 3 aliphatic heterocycles. The number of hydrogen-bond donors (Lipinski definition) is 0. The number of amides is 2. The van der Waals surface area contributed by atoms with Crippen molar-refractivity contribution >= 4 is 28.4 Å². The topological polar surface area (TPSA) is 59.1 Å². The van der Waals surface area contributed by atoms with E-state index in [1.807, 2.05) is 28.0 Å². The van der Waals surface area contributed by atoms with E-state index in [4.69, 9.17) is 21.1 Å². The first-order chi connectivity index (χ1) is 15.1. The Balaban J connectivity index is 1.57. The van der Waals surface area contributed by atoms with E-state index >= 15 is 0 Å². The van der Waals surface area contributed by atoms with Crippen LogP contribution in [0, 0.1) is 0 Å². The van der Waals surface area contributed by atoms with Crippen LogP contribution in [0.5, 0.6) is 11.5 Å². The molecule has 3 aliphatic rings. The van der Waals surface area contributed by atoms with E-state index in [1.54, 1.807) is 12.2 Å². The molecule has 2 saturated heterocycles. The first kappa shape index (κ1) is 21.8. The highest BCUT2D eigenvalue weighted by Crippen LogP contribution is 2.37. The van der Waals surface area contributed by atoms with Crippen molar-refractivity contribution in [2.75, 3.05) is 33.0 Å². The molecule has 0 saturated carbocycles. The number of likely N-dealkylation sites (tertiary alicyclic amines) is 2. The summed E-state index contributed by atoms with van der Waals surface area (Å²) in [6.07, 6.45) is 9.89. The monoisotopic (exact) mass is 444 g/mol. The molecular formula is C24H29ClN2O4. The summed E-state index contributed by atoms with van der Waals surface area (Å²) in [6.45, 7) is 3.31. The molecule has 0 aromatic heterocycles. The van der Waals surface area contributed by atoms with Gasteiger partial charge in [-0.25, -0.2) is 0 Å². The van der Waals surface area contributed by atoms with Crippen LogP contribution in [0.3, 0.4) is 0 Å². The molecule has 3 heterocycles. The van der Waals surface area contributed by atoms with Crippen molar-refractivity contribution in [3.63, 3.8) is 0 Å². The van der Waals surface area contributed by atoms with Gasteiger partial charge >= 0.3 is 0 Å². The van der Waals surface area contributed by atoms with Crippen LogP contribution in [0.15, 0.2) is 35.9 Å². The smallest absolute Gasteiger partial charge is 0.246 e. The second-order valence-electron chi connectivity index (χ2n) is 8.24. The zero-order valence-electron chi connectivity index (χ0n) is 17.8. The van der Waals surface area contributed by atoms with Crippen molar-refractivity contribution in [3.8, 4) is 11.5 Å². The van der Waals surface area contributed by atoms with Crippen molar-refractivity contribution in [1.82, 2.24) is 9.80 Å². The van der Waals surface area contributed by atoms with Gasteiger partial charge < -0.3 is 19.3 Å². The lowest BCUT2D eigenvalue weighted by Crippen LogP contribution is -2.35. The standard InChI is InChI=1S/C24H29ClN2O4/c25-24(18-7-9-20-21(15-18)31-17-30-20)19(16-23(29)27-13-5-2-6-14-27)8-10-22(28)26-11-3-1-4-12-26/h7-10,15H,1-6,11-14,16-17H2/b10-8+,24-19-. The van der Waals surface area contributed by atoms with Gasteiger partial charge in [0.1, 0.15) is 0 Å². The molecule has 1 aromatic carbocycles. The molecule has 0 aliphatic carbocycles. The lowest BCUT2D eigenvalue weighted by molar-refractivity contribution is -0.131. The number of allylic oxidation sites excluding steroid dienone is 1. The number of fused-ring (bicyclic) bond motifs is 1. The van der Waals surface area contributed by atoms with Crippen molar-refractivity contribution in [3.05, 3.63) is 41.5 Å². The summed E-state index contributed by atoms with van der Waals surface area (Å²) in [6, 6.07) is 5.48. The van der Waals surface area contributed by atoms with E-state index in [0.29, 0.717) is 22.1 Å². The second kappa shape index (κ2) is 10.2. The molecule has 1 aromatic rings. The fourth-order valence-electron chi connectivity index (χ4n) is 4.24. The van der Waals surface area contributed by atoms with Gasteiger partial charge in [0.05, 0.1) is 11.5 Å². The van der Waals surface area contributed by atoms with Gasteiger partial charge in [-0.3, -0.25) is 9.59 Å². The number of rotatable bonds is 5. The van der Waals surface area contributed by atoms with Gasteiger partial charge in [-0.2, -0.15) is 0 Å². The van der Waals surface area contributed by atoms with E-state index in [1.165, 1.54) is 6.42 Å². The Morgan fingerprint density at radius 2 is 1.52 bits per heavy atom. The van der Waals surface area contributed by atoms with E-state index in [-0.39, 0.29) is 25.0 Å². The van der Waals surface area contributed by atoms with Crippen LogP contribution in [0.2, 0.25) is 0 Å². The molecule has 0 N–H and O–H groups in total. The van der Waals surface area contributed by atoms with Crippen molar-refractivity contribution < 1.29 is 19.1 Å². The van der Waals surface area contributed by atoms with E-state index in [0.717, 1.165) is 63.8 Å². The highest BCUT2D eigenvalue weighted by Gasteiger charge is 2.21. The van der Waals surface area contributed by atoms with Gasteiger partial charge in [0.2, 0.25) is 18.6 Å². The first-order valence-corrected chi connectivity index (χ1v) is 11.5. The number of ether oxygens (including phenoxy) is 2. The molecule has 166 valence electrons. The lowest BCUT2D eigenvalue weighted by atomic mass is 10.0. The Kier molecular flexibility index (Phi) is 7.17. The van der Waals surface area contributed by atoms with Gasteiger partial charge in [0, 0.05) is 32.3 Å². The summed E-state index contributed by atoms with van der Waals surface area (Å²) in [5, 5.41) is 0.450. The maximum atomic E-state index is 12.9. The Bertz CT molecular complexity index is 884. The maximum absolute atomic E-state index is 12.9. The minimum absolute atomic E-state index is 0.0298. The molecule has 0 radical (unpaired) electrons. The number of halogens is 1. The van der Waals surface area contributed by atoms with Gasteiger partial charge in [0.25, 0.3) is 0 Å². The third-order valence-corrected chi connectivity index (χ3v) is 6.51. The van der Waals surface area contributed by atoms with Crippen LogP contribution in [-0.4, -0.2) is 54.6 Å². The summed E-state index contributed by atoms with van der Waals surface area (Å²) in [5.74, 6) is 1.32. The van der Waals surface area contributed by atoms with Crippen molar-refractivity contribution in [1.29, 1.82) is 0 Å². The van der Waals surface area contributed by atoms with Crippen molar-refractivity contribution in [2.24, 2.45) is 0 Å². The van der Waals surface area contributed by atoms with Crippen LogP contribution >= 0.6 is 11.6 Å². The molecule has 2 amide bonds. The minimum atomic E-state index is -0.0298. The molecular weight excluding hydrogens is 416 g/mol. The van der Waals surface area contributed by atoms with Crippen LogP contribution in [-0.2, 0) is 9.59 Å². The molecule has 31 heavy (non-hydrogen) atoms. The Morgan fingerprint density at radius 1 is 0.871 bits per heavy atom. The number of benzene rings is 1. The summed E-state index contributed by atoms with van der Waals surface area (Å²) < 4.78 is 10.8. The largest absolute Gasteiger partial charge is 0.454 e. The van der Waals surface area contributed by atoms with Crippen molar-refractivity contribution in [2.45, 2.75) is 44.9 Å². The molecule has 0 atom stereocenters. The normalized spacial score (nSPS) is 19.5. The molecule has 0 spiro atoms. The predicted molar refractivity (Wildman–Crippen MR) is 120 cm³/mol. The highest BCUT2D eigenvalue weighted by atomic mass is 35.5.